The average molecular weight is 253 g/mol. The number of aromatic amines is 1. The van der Waals surface area contributed by atoms with E-state index in [-0.39, 0.29) is 17.1 Å². The minimum absolute atomic E-state index is 0.00352. The molecule has 0 aliphatic rings. The van der Waals surface area contributed by atoms with E-state index in [1.807, 2.05) is 0 Å². The van der Waals surface area contributed by atoms with E-state index in [0.717, 1.165) is 6.07 Å². The van der Waals surface area contributed by atoms with Crippen molar-refractivity contribution in [2.45, 2.75) is 0 Å². The Morgan fingerprint density at radius 2 is 2.00 bits per heavy atom. The van der Waals surface area contributed by atoms with Crippen LogP contribution < -0.4 is 11.0 Å². The van der Waals surface area contributed by atoms with Crippen molar-refractivity contribution in [1.82, 2.24) is 9.38 Å². The number of H-pyrrole nitrogens is 1. The molecule has 1 aromatic carbocycles. The summed E-state index contributed by atoms with van der Waals surface area (Å²) in [5, 5.41) is 19.3. The minimum Gasteiger partial charge on any atom is -0.494 e. The fraction of sp³-hybridized carbons (Fsp3) is 0. The van der Waals surface area contributed by atoms with Crippen LogP contribution in [0.4, 0.5) is 0 Å². The van der Waals surface area contributed by atoms with Gasteiger partial charge < -0.3 is 10.1 Å². The van der Waals surface area contributed by atoms with E-state index in [4.69, 9.17) is 5.26 Å². The third kappa shape index (κ3) is 1.42. The van der Waals surface area contributed by atoms with Gasteiger partial charge in [0.1, 0.15) is 17.3 Å². The number of hydrogen-bond donors (Lipinski definition) is 2. The fourth-order valence-corrected chi connectivity index (χ4v) is 2.13. The quantitative estimate of drug-likeness (QED) is 0.576. The van der Waals surface area contributed by atoms with Crippen LogP contribution in [0.1, 0.15) is 5.56 Å². The summed E-state index contributed by atoms with van der Waals surface area (Å²) in [7, 11) is 0. The molecule has 0 bridgehead atoms. The molecular formula is C13H7N3O3. The maximum absolute atomic E-state index is 12.2. The maximum atomic E-state index is 12.2. The summed E-state index contributed by atoms with van der Waals surface area (Å²) in [5.74, 6) is -0.327. The Morgan fingerprint density at radius 1 is 1.26 bits per heavy atom. The lowest BCUT2D eigenvalue weighted by Crippen LogP contribution is -2.16. The molecule has 0 amide bonds. The summed E-state index contributed by atoms with van der Waals surface area (Å²) >= 11 is 0. The van der Waals surface area contributed by atoms with Crippen molar-refractivity contribution in [1.29, 1.82) is 5.26 Å². The van der Waals surface area contributed by atoms with Gasteiger partial charge in [-0.2, -0.15) is 5.26 Å². The van der Waals surface area contributed by atoms with Gasteiger partial charge in [0.05, 0.1) is 11.6 Å². The van der Waals surface area contributed by atoms with Crippen molar-refractivity contribution in [3.8, 4) is 11.9 Å². The first-order chi connectivity index (χ1) is 9.13. The van der Waals surface area contributed by atoms with Crippen LogP contribution in [0.3, 0.4) is 0 Å². The molecule has 6 heteroatoms. The van der Waals surface area contributed by atoms with Crippen LogP contribution in [-0.2, 0) is 0 Å². The van der Waals surface area contributed by atoms with Crippen molar-refractivity contribution in [3.63, 3.8) is 0 Å². The summed E-state index contributed by atoms with van der Waals surface area (Å²) in [6, 6.07) is 9.32. The molecule has 0 aliphatic carbocycles. The Balaban J connectivity index is 2.82. The van der Waals surface area contributed by atoms with Gasteiger partial charge in [-0.3, -0.25) is 14.0 Å². The smallest absolute Gasteiger partial charge is 0.254 e. The predicted octanol–water partition coefficient (Wildman–Crippen LogP) is 0.718. The van der Waals surface area contributed by atoms with Crippen molar-refractivity contribution in [3.05, 3.63) is 56.5 Å². The zero-order valence-corrected chi connectivity index (χ0v) is 9.54. The number of nitriles is 1. The van der Waals surface area contributed by atoms with Crippen LogP contribution in [0.2, 0.25) is 0 Å². The van der Waals surface area contributed by atoms with Crippen molar-refractivity contribution >= 4 is 16.6 Å². The van der Waals surface area contributed by atoms with Gasteiger partial charge >= 0.3 is 0 Å². The van der Waals surface area contributed by atoms with Crippen molar-refractivity contribution in [2.24, 2.45) is 0 Å². The number of benzene rings is 1. The van der Waals surface area contributed by atoms with Gasteiger partial charge in [-0.05, 0) is 12.1 Å². The Hall–Kier alpha value is -3.07. The molecular weight excluding hydrogens is 246 g/mol. The van der Waals surface area contributed by atoms with E-state index in [1.54, 1.807) is 30.3 Å². The summed E-state index contributed by atoms with van der Waals surface area (Å²) in [6.45, 7) is 0. The van der Waals surface area contributed by atoms with E-state index in [2.05, 4.69) is 4.98 Å². The van der Waals surface area contributed by atoms with Crippen LogP contribution in [0, 0.1) is 11.3 Å². The summed E-state index contributed by atoms with van der Waals surface area (Å²) in [6.07, 6.45) is 0. The zero-order chi connectivity index (χ0) is 13.6. The number of aromatic nitrogens is 2. The van der Waals surface area contributed by atoms with Gasteiger partial charge in [0.15, 0.2) is 0 Å². The Kier molecular flexibility index (Phi) is 2.16. The van der Waals surface area contributed by atoms with E-state index < -0.39 is 11.0 Å². The number of hydrogen-bond acceptors (Lipinski definition) is 4. The van der Waals surface area contributed by atoms with Crippen molar-refractivity contribution < 1.29 is 5.11 Å². The monoisotopic (exact) mass is 253 g/mol. The lowest BCUT2D eigenvalue weighted by atomic mass is 10.1. The topological polar surface area (TPSA) is 98.4 Å². The Morgan fingerprint density at radius 3 is 2.74 bits per heavy atom. The molecule has 6 nitrogen and oxygen atoms in total. The largest absolute Gasteiger partial charge is 0.494 e. The Bertz CT molecular complexity index is 976. The standard InChI is InChI=1S/C13H7N3O3/c14-6-8-12(19)7-3-1-2-4-9(7)16-11(18)5-10(17)15-13(8)16/h1-5,18H,(H,15,17). The second-order valence-corrected chi connectivity index (χ2v) is 4.01. The second kappa shape index (κ2) is 3.71. The van der Waals surface area contributed by atoms with Crippen LogP contribution in [0.15, 0.2) is 39.9 Å². The van der Waals surface area contributed by atoms with Gasteiger partial charge in [0, 0.05) is 5.39 Å². The van der Waals surface area contributed by atoms with Crippen LogP contribution in [0.5, 0.6) is 5.88 Å². The highest BCUT2D eigenvalue weighted by atomic mass is 16.3. The predicted molar refractivity (Wildman–Crippen MR) is 68.2 cm³/mol. The molecule has 0 atom stereocenters. The number of aromatic hydroxyl groups is 1. The van der Waals surface area contributed by atoms with E-state index in [1.165, 1.54) is 4.40 Å². The van der Waals surface area contributed by atoms with E-state index in [9.17, 15) is 14.7 Å². The molecule has 0 aliphatic heterocycles. The number of nitrogens with one attached hydrogen (secondary N) is 1. The van der Waals surface area contributed by atoms with Crippen LogP contribution >= 0.6 is 0 Å². The molecule has 2 N–H and O–H groups in total. The molecule has 0 fully saturated rings. The third-order valence-corrected chi connectivity index (χ3v) is 2.92. The number of pyridine rings is 1. The van der Waals surface area contributed by atoms with Gasteiger partial charge in [0.25, 0.3) is 5.56 Å². The highest BCUT2D eigenvalue weighted by Gasteiger charge is 2.14. The van der Waals surface area contributed by atoms with E-state index >= 15 is 0 Å². The molecule has 3 rings (SSSR count). The van der Waals surface area contributed by atoms with Gasteiger partial charge in [-0.15, -0.1) is 0 Å². The lowest BCUT2D eigenvalue weighted by Gasteiger charge is -2.09. The lowest BCUT2D eigenvalue weighted by molar-refractivity contribution is 0.446. The SMILES string of the molecule is N#Cc1c(=O)c2ccccc2n2c(O)cc(=O)[nH]c12. The normalized spacial score (nSPS) is 10.7. The second-order valence-electron chi connectivity index (χ2n) is 4.01. The summed E-state index contributed by atoms with van der Waals surface area (Å²) in [4.78, 5) is 25.9. The molecule has 0 unspecified atom stereocenters. The summed E-state index contributed by atoms with van der Waals surface area (Å²) < 4.78 is 1.27. The van der Waals surface area contributed by atoms with Crippen LogP contribution in [0.25, 0.3) is 16.6 Å². The average Bonchev–Trinajstić information content (AvgIpc) is 2.38. The first kappa shape index (κ1) is 11.0. The maximum Gasteiger partial charge on any atom is 0.254 e. The molecule has 0 spiro atoms. The molecule has 0 saturated carbocycles. The number of para-hydroxylation sites is 1. The first-order valence-corrected chi connectivity index (χ1v) is 5.43. The molecule has 0 radical (unpaired) electrons. The first-order valence-electron chi connectivity index (χ1n) is 5.43. The highest BCUT2D eigenvalue weighted by Crippen LogP contribution is 2.18. The molecule has 19 heavy (non-hydrogen) atoms. The Labute approximate surface area is 105 Å². The molecule has 92 valence electrons. The zero-order valence-electron chi connectivity index (χ0n) is 9.54. The van der Waals surface area contributed by atoms with Crippen molar-refractivity contribution in [2.75, 3.05) is 0 Å². The summed E-state index contributed by atoms with van der Waals surface area (Å²) in [5.41, 5.74) is -0.832. The number of rotatable bonds is 0. The van der Waals surface area contributed by atoms with Gasteiger partial charge in [0.2, 0.25) is 11.3 Å². The molecule has 2 aromatic heterocycles. The third-order valence-electron chi connectivity index (χ3n) is 2.92. The molecule has 2 heterocycles. The minimum atomic E-state index is -0.580. The highest BCUT2D eigenvalue weighted by molar-refractivity contribution is 5.85. The van der Waals surface area contributed by atoms with Gasteiger partial charge in [-0.1, -0.05) is 12.1 Å². The number of fused-ring (bicyclic) bond motifs is 3. The molecule has 0 saturated heterocycles. The van der Waals surface area contributed by atoms with Gasteiger partial charge in [-0.25, -0.2) is 0 Å². The van der Waals surface area contributed by atoms with E-state index in [0.29, 0.717) is 10.9 Å². The number of nitrogens with zero attached hydrogens (tertiary/aromatic N) is 2. The fourth-order valence-electron chi connectivity index (χ4n) is 2.13. The van der Waals surface area contributed by atoms with Crippen LogP contribution in [-0.4, -0.2) is 14.5 Å². The molecule has 3 aromatic rings.